The predicted octanol–water partition coefficient (Wildman–Crippen LogP) is 3.92. The van der Waals surface area contributed by atoms with Gasteiger partial charge in [-0.1, -0.05) is 0 Å². The number of phenols is 2. The first-order valence-electron chi connectivity index (χ1n) is 5.17. The van der Waals surface area contributed by atoms with Crippen LogP contribution in [-0.4, -0.2) is 10.2 Å². The second kappa shape index (κ2) is 4.46. The Morgan fingerprint density at radius 3 is 1.95 bits per heavy atom. The molecule has 2 aromatic carbocycles. The molecule has 0 aliphatic rings. The molecular formula is C13H8F4O2. The van der Waals surface area contributed by atoms with Gasteiger partial charge in [-0.05, 0) is 35.9 Å². The standard InChI is InChI=1S/C13H8F4O2/c14-12-2-1-8(13(15,16)17)5-11(12)7-3-9(18)6-10(19)4-7/h1-6,18-19H. The van der Waals surface area contributed by atoms with Crippen LogP contribution in [-0.2, 0) is 6.18 Å². The zero-order chi connectivity index (χ0) is 14.2. The van der Waals surface area contributed by atoms with E-state index in [0.717, 1.165) is 18.2 Å². The van der Waals surface area contributed by atoms with Crippen LogP contribution < -0.4 is 0 Å². The number of hydrogen-bond acceptors (Lipinski definition) is 2. The molecule has 2 N–H and O–H groups in total. The molecule has 0 amide bonds. The third kappa shape index (κ3) is 2.78. The van der Waals surface area contributed by atoms with Gasteiger partial charge in [0.2, 0.25) is 0 Å². The van der Waals surface area contributed by atoms with E-state index in [-0.39, 0.29) is 22.6 Å². The van der Waals surface area contributed by atoms with Gasteiger partial charge in [0.25, 0.3) is 0 Å². The molecule has 2 aromatic rings. The van der Waals surface area contributed by atoms with Gasteiger partial charge in [-0.3, -0.25) is 0 Å². The third-order valence-electron chi connectivity index (χ3n) is 2.51. The summed E-state index contributed by atoms with van der Waals surface area (Å²) < 4.78 is 51.2. The van der Waals surface area contributed by atoms with E-state index in [1.165, 1.54) is 0 Å². The third-order valence-corrected chi connectivity index (χ3v) is 2.51. The Bertz CT molecular complexity index is 600. The molecule has 100 valence electrons. The first-order valence-corrected chi connectivity index (χ1v) is 5.17. The zero-order valence-electron chi connectivity index (χ0n) is 9.37. The minimum absolute atomic E-state index is 0.0406. The lowest BCUT2D eigenvalue weighted by atomic mass is 10.0. The molecule has 0 aliphatic carbocycles. The molecule has 0 heterocycles. The van der Waals surface area contributed by atoms with Gasteiger partial charge >= 0.3 is 6.18 Å². The highest BCUT2D eigenvalue weighted by Crippen LogP contribution is 2.35. The molecule has 0 aromatic heterocycles. The first-order chi connectivity index (χ1) is 8.77. The lowest BCUT2D eigenvalue weighted by molar-refractivity contribution is -0.137. The monoisotopic (exact) mass is 272 g/mol. The summed E-state index contributed by atoms with van der Waals surface area (Å²) in [6.07, 6.45) is -4.60. The Balaban J connectivity index is 2.61. The van der Waals surface area contributed by atoms with Crippen molar-refractivity contribution in [2.75, 3.05) is 0 Å². The highest BCUT2D eigenvalue weighted by atomic mass is 19.4. The quantitative estimate of drug-likeness (QED) is 0.772. The van der Waals surface area contributed by atoms with E-state index in [1.807, 2.05) is 0 Å². The van der Waals surface area contributed by atoms with Crippen molar-refractivity contribution in [3.05, 3.63) is 47.8 Å². The van der Waals surface area contributed by atoms with E-state index in [1.54, 1.807) is 0 Å². The largest absolute Gasteiger partial charge is 0.508 e. The summed E-state index contributed by atoms with van der Waals surface area (Å²) in [5, 5.41) is 18.5. The van der Waals surface area contributed by atoms with E-state index in [2.05, 4.69) is 0 Å². The fourth-order valence-electron chi connectivity index (χ4n) is 1.67. The van der Waals surface area contributed by atoms with Crippen LogP contribution >= 0.6 is 0 Å². The molecule has 0 atom stereocenters. The van der Waals surface area contributed by atoms with E-state index in [9.17, 15) is 27.8 Å². The number of hydrogen-bond donors (Lipinski definition) is 2. The van der Waals surface area contributed by atoms with Crippen molar-refractivity contribution >= 4 is 0 Å². The van der Waals surface area contributed by atoms with Gasteiger partial charge in [-0.2, -0.15) is 13.2 Å². The van der Waals surface area contributed by atoms with Gasteiger partial charge < -0.3 is 10.2 Å². The molecule has 6 heteroatoms. The molecule has 2 rings (SSSR count). The second-order valence-electron chi connectivity index (χ2n) is 3.93. The average molecular weight is 272 g/mol. The van der Waals surface area contributed by atoms with Crippen LogP contribution in [0.5, 0.6) is 11.5 Å². The Kier molecular flexibility index (Phi) is 3.09. The van der Waals surface area contributed by atoms with Gasteiger partial charge in [0, 0.05) is 11.6 Å². The van der Waals surface area contributed by atoms with Crippen LogP contribution in [0.1, 0.15) is 5.56 Å². The second-order valence-corrected chi connectivity index (χ2v) is 3.93. The van der Waals surface area contributed by atoms with Gasteiger partial charge in [0.05, 0.1) is 5.56 Å². The Morgan fingerprint density at radius 1 is 0.842 bits per heavy atom. The fourth-order valence-corrected chi connectivity index (χ4v) is 1.67. The summed E-state index contributed by atoms with van der Waals surface area (Å²) in [5.41, 5.74) is -1.39. The number of phenolic OH excluding ortho intramolecular Hbond substituents is 2. The molecule has 2 nitrogen and oxygen atoms in total. The summed E-state index contributed by atoms with van der Waals surface area (Å²) in [5.74, 6) is -1.61. The molecule has 0 saturated carbocycles. The predicted molar refractivity (Wildman–Crippen MR) is 60.2 cm³/mol. The number of alkyl halides is 3. The lowest BCUT2D eigenvalue weighted by Crippen LogP contribution is -2.05. The molecule has 0 saturated heterocycles. The van der Waals surface area contributed by atoms with E-state index >= 15 is 0 Å². The maximum Gasteiger partial charge on any atom is 0.416 e. The zero-order valence-corrected chi connectivity index (χ0v) is 9.37. The van der Waals surface area contributed by atoms with Crippen LogP contribution in [0.4, 0.5) is 17.6 Å². The van der Waals surface area contributed by atoms with Crippen LogP contribution in [0, 0.1) is 5.82 Å². The number of benzene rings is 2. The molecular weight excluding hydrogens is 264 g/mol. The maximum absolute atomic E-state index is 13.6. The minimum atomic E-state index is -4.60. The number of aromatic hydroxyl groups is 2. The number of rotatable bonds is 1. The Labute approximate surface area is 105 Å². The summed E-state index contributed by atoms with van der Waals surface area (Å²) in [6.45, 7) is 0. The molecule has 0 radical (unpaired) electrons. The SMILES string of the molecule is Oc1cc(O)cc(-c2cc(C(F)(F)F)ccc2F)c1. The summed E-state index contributed by atoms with van der Waals surface area (Å²) in [4.78, 5) is 0. The van der Waals surface area contributed by atoms with Crippen molar-refractivity contribution < 1.29 is 27.8 Å². The molecule has 0 unspecified atom stereocenters. The van der Waals surface area contributed by atoms with Crippen molar-refractivity contribution in [2.24, 2.45) is 0 Å². The van der Waals surface area contributed by atoms with Crippen molar-refractivity contribution in [1.29, 1.82) is 0 Å². The van der Waals surface area contributed by atoms with E-state index in [0.29, 0.717) is 18.2 Å². The van der Waals surface area contributed by atoms with Crippen LogP contribution in [0.3, 0.4) is 0 Å². The molecule has 0 fully saturated rings. The molecule has 0 aliphatic heterocycles. The summed E-state index contributed by atoms with van der Waals surface area (Å²) in [6, 6.07) is 5.08. The van der Waals surface area contributed by atoms with Gasteiger partial charge in [-0.15, -0.1) is 0 Å². The summed E-state index contributed by atoms with van der Waals surface area (Å²) in [7, 11) is 0. The van der Waals surface area contributed by atoms with Crippen molar-refractivity contribution in [3.8, 4) is 22.6 Å². The van der Waals surface area contributed by atoms with Crippen LogP contribution in [0.15, 0.2) is 36.4 Å². The number of halogens is 4. The topological polar surface area (TPSA) is 40.5 Å². The normalized spacial score (nSPS) is 11.6. The average Bonchev–Trinajstić information content (AvgIpc) is 2.26. The summed E-state index contributed by atoms with van der Waals surface area (Å²) >= 11 is 0. The maximum atomic E-state index is 13.6. The fraction of sp³-hybridized carbons (Fsp3) is 0.0769. The van der Waals surface area contributed by atoms with Gasteiger partial charge in [0.1, 0.15) is 17.3 Å². The molecule has 19 heavy (non-hydrogen) atoms. The lowest BCUT2D eigenvalue weighted by Gasteiger charge is -2.10. The van der Waals surface area contributed by atoms with Gasteiger partial charge in [-0.25, -0.2) is 4.39 Å². The van der Waals surface area contributed by atoms with Crippen molar-refractivity contribution in [2.45, 2.75) is 6.18 Å². The Morgan fingerprint density at radius 2 is 1.42 bits per heavy atom. The smallest absolute Gasteiger partial charge is 0.416 e. The first kappa shape index (κ1) is 13.2. The molecule has 0 spiro atoms. The van der Waals surface area contributed by atoms with Crippen molar-refractivity contribution in [1.82, 2.24) is 0 Å². The van der Waals surface area contributed by atoms with Crippen molar-refractivity contribution in [3.63, 3.8) is 0 Å². The highest BCUT2D eigenvalue weighted by Gasteiger charge is 2.31. The minimum Gasteiger partial charge on any atom is -0.508 e. The van der Waals surface area contributed by atoms with E-state index in [4.69, 9.17) is 0 Å². The molecule has 0 bridgehead atoms. The van der Waals surface area contributed by atoms with Gasteiger partial charge in [0.15, 0.2) is 0 Å². The van der Waals surface area contributed by atoms with Crippen LogP contribution in [0.2, 0.25) is 0 Å². The highest BCUT2D eigenvalue weighted by molar-refractivity contribution is 5.68. The Hall–Kier alpha value is -2.24. The van der Waals surface area contributed by atoms with E-state index < -0.39 is 17.6 Å². The van der Waals surface area contributed by atoms with Crippen LogP contribution in [0.25, 0.3) is 11.1 Å².